The molecule has 1 fully saturated rings. The summed E-state index contributed by atoms with van der Waals surface area (Å²) in [7, 11) is 1.62. The van der Waals surface area contributed by atoms with Gasteiger partial charge in [-0.2, -0.15) is 0 Å². The summed E-state index contributed by atoms with van der Waals surface area (Å²) in [6.45, 7) is 8.12. The summed E-state index contributed by atoms with van der Waals surface area (Å²) in [6, 6.07) is -0.388. The highest BCUT2D eigenvalue weighted by Gasteiger charge is 2.48. The molecule has 0 bridgehead atoms. The van der Waals surface area contributed by atoms with E-state index in [-0.39, 0.29) is 24.0 Å². The van der Waals surface area contributed by atoms with Crippen molar-refractivity contribution in [1.82, 2.24) is 10.2 Å². The predicted molar refractivity (Wildman–Crippen MR) is 73.7 cm³/mol. The lowest BCUT2D eigenvalue weighted by atomic mass is 9.89. The van der Waals surface area contributed by atoms with Crippen LogP contribution in [0.4, 0.5) is 0 Å². The predicted octanol–water partition coefficient (Wildman–Crippen LogP) is 1.32. The van der Waals surface area contributed by atoms with E-state index in [2.05, 4.69) is 5.32 Å². The van der Waals surface area contributed by atoms with Crippen LogP contribution in [0.3, 0.4) is 0 Å². The van der Waals surface area contributed by atoms with Gasteiger partial charge in [0, 0.05) is 13.7 Å². The highest BCUT2D eigenvalue weighted by Crippen LogP contribution is 2.26. The van der Waals surface area contributed by atoms with Crippen molar-refractivity contribution in [2.75, 3.05) is 13.7 Å². The van der Waals surface area contributed by atoms with Crippen molar-refractivity contribution in [1.29, 1.82) is 0 Å². The van der Waals surface area contributed by atoms with Gasteiger partial charge in [0.05, 0.1) is 6.10 Å². The number of amides is 2. The van der Waals surface area contributed by atoms with Gasteiger partial charge in [-0.3, -0.25) is 9.59 Å². The SMILES string of the molecule is CCCC1NC(=O)C(C)(CC)N(CC(C)OC)C1=O. The quantitative estimate of drug-likeness (QED) is 0.792. The van der Waals surface area contributed by atoms with Gasteiger partial charge in [0.25, 0.3) is 0 Å². The summed E-state index contributed by atoms with van der Waals surface area (Å²) in [5, 5.41) is 2.86. The Balaban J connectivity index is 3.00. The minimum atomic E-state index is -0.770. The lowest BCUT2D eigenvalue weighted by molar-refractivity contribution is -0.159. The van der Waals surface area contributed by atoms with E-state index >= 15 is 0 Å². The van der Waals surface area contributed by atoms with E-state index in [1.54, 1.807) is 12.0 Å². The number of nitrogens with one attached hydrogen (secondary N) is 1. The molecule has 1 aliphatic heterocycles. The second-order valence-corrected chi connectivity index (χ2v) is 5.44. The maximum absolute atomic E-state index is 12.5. The van der Waals surface area contributed by atoms with E-state index in [1.807, 2.05) is 27.7 Å². The van der Waals surface area contributed by atoms with Crippen LogP contribution in [-0.2, 0) is 14.3 Å². The zero-order chi connectivity index (χ0) is 14.6. The molecule has 1 N–H and O–H groups in total. The zero-order valence-electron chi connectivity index (χ0n) is 12.7. The molecule has 3 unspecified atom stereocenters. The fourth-order valence-corrected chi connectivity index (χ4v) is 2.39. The second kappa shape index (κ2) is 6.37. The van der Waals surface area contributed by atoms with Crippen LogP contribution >= 0.6 is 0 Å². The first-order valence-corrected chi connectivity index (χ1v) is 7.05. The minimum Gasteiger partial charge on any atom is -0.380 e. The van der Waals surface area contributed by atoms with E-state index in [0.717, 1.165) is 6.42 Å². The molecule has 0 aromatic carbocycles. The molecule has 3 atom stereocenters. The molecular formula is C14H26N2O3. The number of rotatable bonds is 6. The highest BCUT2D eigenvalue weighted by molar-refractivity contribution is 5.99. The smallest absolute Gasteiger partial charge is 0.246 e. The molecule has 1 saturated heterocycles. The van der Waals surface area contributed by atoms with Crippen LogP contribution in [0.1, 0.15) is 47.0 Å². The molecule has 1 aliphatic rings. The normalized spacial score (nSPS) is 29.3. The number of nitrogens with zero attached hydrogens (tertiary/aromatic N) is 1. The lowest BCUT2D eigenvalue weighted by Gasteiger charge is -2.46. The summed E-state index contributed by atoms with van der Waals surface area (Å²) in [5.74, 6) is -0.0500. The Bertz CT molecular complexity index is 346. The Morgan fingerprint density at radius 2 is 2.05 bits per heavy atom. The summed E-state index contributed by atoms with van der Waals surface area (Å²) in [5.41, 5.74) is -0.770. The Labute approximate surface area is 115 Å². The monoisotopic (exact) mass is 270 g/mol. The van der Waals surface area contributed by atoms with E-state index in [4.69, 9.17) is 4.74 Å². The molecule has 0 radical (unpaired) electrons. The van der Waals surface area contributed by atoms with E-state index < -0.39 is 5.54 Å². The molecule has 19 heavy (non-hydrogen) atoms. The van der Waals surface area contributed by atoms with Crippen molar-refractivity contribution >= 4 is 11.8 Å². The molecule has 2 amide bonds. The number of methoxy groups -OCH3 is 1. The standard InChI is InChI=1S/C14H26N2O3/c1-6-8-11-12(17)16(9-10(3)19-5)14(4,7-2)13(18)15-11/h10-11H,6-9H2,1-5H3,(H,15,18). The van der Waals surface area contributed by atoms with Crippen LogP contribution in [0, 0.1) is 0 Å². The van der Waals surface area contributed by atoms with Crippen molar-refractivity contribution in [2.45, 2.75) is 64.6 Å². The number of carbonyl (C=O) groups is 2. The van der Waals surface area contributed by atoms with Gasteiger partial charge in [-0.15, -0.1) is 0 Å². The molecule has 5 heteroatoms. The maximum Gasteiger partial charge on any atom is 0.246 e. The molecule has 0 spiro atoms. The highest BCUT2D eigenvalue weighted by atomic mass is 16.5. The van der Waals surface area contributed by atoms with E-state index in [9.17, 15) is 9.59 Å². The van der Waals surface area contributed by atoms with Gasteiger partial charge in [-0.1, -0.05) is 20.3 Å². The first-order valence-electron chi connectivity index (χ1n) is 7.05. The molecule has 5 nitrogen and oxygen atoms in total. The zero-order valence-corrected chi connectivity index (χ0v) is 12.7. The third-order valence-electron chi connectivity index (χ3n) is 4.06. The van der Waals surface area contributed by atoms with Gasteiger partial charge < -0.3 is 15.0 Å². The number of carbonyl (C=O) groups excluding carboxylic acids is 2. The van der Waals surface area contributed by atoms with Gasteiger partial charge >= 0.3 is 0 Å². The summed E-state index contributed by atoms with van der Waals surface area (Å²) in [6.07, 6.45) is 2.07. The molecule has 1 heterocycles. The molecule has 0 saturated carbocycles. The lowest BCUT2D eigenvalue weighted by Crippen LogP contribution is -2.70. The van der Waals surface area contributed by atoms with Gasteiger partial charge in [-0.05, 0) is 26.7 Å². The Morgan fingerprint density at radius 1 is 1.42 bits per heavy atom. The number of hydrogen-bond acceptors (Lipinski definition) is 3. The molecule has 110 valence electrons. The van der Waals surface area contributed by atoms with Gasteiger partial charge in [0.1, 0.15) is 11.6 Å². The van der Waals surface area contributed by atoms with Crippen molar-refractivity contribution in [3.05, 3.63) is 0 Å². The van der Waals surface area contributed by atoms with Crippen LogP contribution in [0.25, 0.3) is 0 Å². The number of hydrogen-bond donors (Lipinski definition) is 1. The Kier molecular flexibility index (Phi) is 5.35. The summed E-state index contributed by atoms with van der Waals surface area (Å²) < 4.78 is 5.24. The molecule has 0 aromatic heterocycles. The molecular weight excluding hydrogens is 244 g/mol. The fourth-order valence-electron chi connectivity index (χ4n) is 2.39. The number of ether oxygens (including phenoxy) is 1. The topological polar surface area (TPSA) is 58.6 Å². The van der Waals surface area contributed by atoms with Crippen LogP contribution in [0.5, 0.6) is 0 Å². The van der Waals surface area contributed by atoms with Crippen molar-refractivity contribution in [2.24, 2.45) is 0 Å². The average Bonchev–Trinajstić information content (AvgIpc) is 2.40. The van der Waals surface area contributed by atoms with E-state index in [1.165, 1.54) is 0 Å². The first-order chi connectivity index (χ1) is 8.90. The minimum absolute atomic E-state index is 0.00898. The number of piperazine rings is 1. The third-order valence-corrected chi connectivity index (χ3v) is 4.06. The van der Waals surface area contributed by atoms with Gasteiger partial charge in [0.15, 0.2) is 0 Å². The largest absolute Gasteiger partial charge is 0.380 e. The van der Waals surface area contributed by atoms with Crippen molar-refractivity contribution in [3.8, 4) is 0 Å². The van der Waals surface area contributed by atoms with Gasteiger partial charge in [0.2, 0.25) is 11.8 Å². The maximum atomic E-state index is 12.5. The van der Waals surface area contributed by atoms with E-state index in [0.29, 0.717) is 19.4 Å². The van der Waals surface area contributed by atoms with Gasteiger partial charge in [-0.25, -0.2) is 0 Å². The van der Waals surface area contributed by atoms with Crippen molar-refractivity contribution in [3.63, 3.8) is 0 Å². The van der Waals surface area contributed by atoms with Crippen LogP contribution < -0.4 is 5.32 Å². The molecule has 0 aromatic rings. The molecule has 1 rings (SSSR count). The summed E-state index contributed by atoms with van der Waals surface area (Å²) in [4.78, 5) is 26.5. The average molecular weight is 270 g/mol. The Morgan fingerprint density at radius 3 is 2.53 bits per heavy atom. The first kappa shape index (κ1) is 16.0. The van der Waals surface area contributed by atoms with Crippen LogP contribution in [0.15, 0.2) is 0 Å². The summed E-state index contributed by atoms with van der Waals surface area (Å²) >= 11 is 0. The fraction of sp³-hybridized carbons (Fsp3) is 0.857. The molecule has 0 aliphatic carbocycles. The van der Waals surface area contributed by atoms with Crippen molar-refractivity contribution < 1.29 is 14.3 Å². The third kappa shape index (κ3) is 3.08. The Hall–Kier alpha value is -1.10. The second-order valence-electron chi connectivity index (χ2n) is 5.44. The van der Waals surface area contributed by atoms with Crippen LogP contribution in [0.2, 0.25) is 0 Å². The van der Waals surface area contributed by atoms with Crippen LogP contribution in [-0.4, -0.2) is 48.1 Å².